The molecule has 2 heterocycles. The quantitative estimate of drug-likeness (QED) is 0.454. The Morgan fingerprint density at radius 3 is 2.61 bits per heavy atom. The molecule has 1 amide bonds. The second-order valence-electron chi connectivity index (χ2n) is 7.21. The number of thiophene rings is 1. The fourth-order valence-corrected chi connectivity index (χ4v) is 4.71. The number of nitrogens with one attached hydrogen (secondary N) is 1. The van der Waals surface area contributed by atoms with Gasteiger partial charge in [-0.3, -0.25) is 14.2 Å². The Labute approximate surface area is 173 Å². The lowest BCUT2D eigenvalue weighted by atomic mass is 10.0. The van der Waals surface area contributed by atoms with E-state index in [0.29, 0.717) is 21.9 Å². The molecule has 0 bridgehead atoms. The minimum absolute atomic E-state index is 0.0509. The number of benzene rings is 1. The lowest BCUT2D eigenvalue weighted by Gasteiger charge is -2.24. The van der Waals surface area contributed by atoms with E-state index in [2.05, 4.69) is 5.32 Å². The summed E-state index contributed by atoms with van der Waals surface area (Å²) >= 11 is 2.78. The molecular formula is C21H25N3O2S2. The van der Waals surface area contributed by atoms with Crippen LogP contribution in [0.1, 0.15) is 34.1 Å². The maximum atomic E-state index is 13.2. The van der Waals surface area contributed by atoms with Crippen LogP contribution < -0.4 is 10.9 Å². The number of hydrogen-bond donors (Lipinski definition) is 1. The van der Waals surface area contributed by atoms with Gasteiger partial charge in [-0.2, -0.15) is 0 Å². The summed E-state index contributed by atoms with van der Waals surface area (Å²) in [5, 5.41) is 6.24. The number of rotatable bonds is 7. The van der Waals surface area contributed by atoms with E-state index in [4.69, 9.17) is 4.98 Å². The first kappa shape index (κ1) is 20.6. The van der Waals surface area contributed by atoms with E-state index >= 15 is 0 Å². The third-order valence-corrected chi connectivity index (χ3v) is 6.60. The van der Waals surface area contributed by atoms with E-state index in [1.165, 1.54) is 23.1 Å². The number of thioether (sulfide) groups is 1. The minimum Gasteiger partial charge on any atom is -0.351 e. The Bertz CT molecular complexity index is 1040. The average molecular weight is 416 g/mol. The molecule has 0 unspecified atom stereocenters. The maximum absolute atomic E-state index is 13.2. The smallest absolute Gasteiger partial charge is 0.263 e. The largest absolute Gasteiger partial charge is 0.351 e. The van der Waals surface area contributed by atoms with Crippen molar-refractivity contribution < 1.29 is 4.79 Å². The van der Waals surface area contributed by atoms with Crippen molar-refractivity contribution in [3.8, 4) is 11.1 Å². The summed E-state index contributed by atoms with van der Waals surface area (Å²) in [5.41, 5.74) is 1.64. The monoisotopic (exact) mass is 415 g/mol. The van der Waals surface area contributed by atoms with Crippen LogP contribution in [0.25, 0.3) is 21.3 Å². The van der Waals surface area contributed by atoms with Gasteiger partial charge in [-0.25, -0.2) is 4.98 Å². The summed E-state index contributed by atoms with van der Waals surface area (Å²) < 4.78 is 1.66. The summed E-state index contributed by atoms with van der Waals surface area (Å²) in [5.74, 6) is 0.183. The van der Waals surface area contributed by atoms with Crippen molar-refractivity contribution in [1.29, 1.82) is 0 Å². The molecular weight excluding hydrogens is 390 g/mol. The molecule has 0 radical (unpaired) electrons. The van der Waals surface area contributed by atoms with Crippen LogP contribution in [0.3, 0.4) is 0 Å². The second kappa shape index (κ2) is 8.49. The van der Waals surface area contributed by atoms with Crippen molar-refractivity contribution in [2.24, 2.45) is 0 Å². The predicted molar refractivity (Wildman–Crippen MR) is 118 cm³/mol. The second-order valence-corrected chi connectivity index (χ2v) is 9.01. The molecule has 0 aliphatic heterocycles. The van der Waals surface area contributed by atoms with Crippen LogP contribution in [0, 0.1) is 0 Å². The average Bonchev–Trinajstić information content (AvgIpc) is 3.11. The Hall–Kier alpha value is -2.12. The molecule has 0 aliphatic rings. The zero-order valence-electron chi connectivity index (χ0n) is 16.6. The fraction of sp³-hybridized carbons (Fsp3) is 0.381. The van der Waals surface area contributed by atoms with Crippen molar-refractivity contribution in [2.75, 3.05) is 5.75 Å². The lowest BCUT2D eigenvalue weighted by molar-refractivity contribution is -0.120. The van der Waals surface area contributed by atoms with Gasteiger partial charge < -0.3 is 5.32 Å². The van der Waals surface area contributed by atoms with Crippen LogP contribution in [0.4, 0.5) is 0 Å². The van der Waals surface area contributed by atoms with Crippen LogP contribution in [0.15, 0.2) is 45.7 Å². The number of carbonyl (C=O) groups excluding carboxylic acids is 1. The van der Waals surface area contributed by atoms with Gasteiger partial charge in [-0.15, -0.1) is 11.3 Å². The van der Waals surface area contributed by atoms with E-state index in [1.807, 2.05) is 63.4 Å². The number of aromatic nitrogens is 2. The highest BCUT2D eigenvalue weighted by molar-refractivity contribution is 7.99. The number of nitrogens with zero attached hydrogens (tertiary/aromatic N) is 2. The Balaban J connectivity index is 1.93. The van der Waals surface area contributed by atoms with Crippen LogP contribution in [-0.2, 0) is 11.3 Å². The molecule has 0 atom stereocenters. The van der Waals surface area contributed by atoms with Crippen LogP contribution in [0.5, 0.6) is 0 Å². The first-order valence-corrected chi connectivity index (χ1v) is 11.2. The highest BCUT2D eigenvalue weighted by Crippen LogP contribution is 2.32. The van der Waals surface area contributed by atoms with Crippen LogP contribution >= 0.6 is 23.1 Å². The molecule has 7 heteroatoms. The molecule has 0 saturated heterocycles. The molecule has 0 spiro atoms. The van der Waals surface area contributed by atoms with Crippen LogP contribution in [-0.4, -0.2) is 26.8 Å². The van der Waals surface area contributed by atoms with Crippen molar-refractivity contribution in [3.05, 3.63) is 46.1 Å². The lowest BCUT2D eigenvalue weighted by Crippen LogP contribution is -2.43. The number of amides is 1. The molecule has 148 valence electrons. The van der Waals surface area contributed by atoms with E-state index in [9.17, 15) is 9.59 Å². The Morgan fingerprint density at radius 2 is 1.96 bits per heavy atom. The van der Waals surface area contributed by atoms with Crippen molar-refractivity contribution >= 4 is 39.2 Å². The highest BCUT2D eigenvalue weighted by atomic mass is 32.2. The molecule has 3 rings (SSSR count). The first-order chi connectivity index (χ1) is 13.4. The van der Waals surface area contributed by atoms with Crippen LogP contribution in [0.2, 0.25) is 0 Å². The maximum Gasteiger partial charge on any atom is 0.263 e. The van der Waals surface area contributed by atoms with Gasteiger partial charge in [0.1, 0.15) is 4.83 Å². The van der Waals surface area contributed by atoms with E-state index in [0.717, 1.165) is 17.5 Å². The molecule has 1 N–H and O–H groups in total. The van der Waals surface area contributed by atoms with E-state index in [1.54, 1.807) is 4.57 Å². The fourth-order valence-electron chi connectivity index (χ4n) is 2.86. The summed E-state index contributed by atoms with van der Waals surface area (Å²) in [4.78, 5) is 30.9. The summed E-state index contributed by atoms with van der Waals surface area (Å²) in [6.07, 6.45) is 0.852. The third kappa shape index (κ3) is 4.31. The van der Waals surface area contributed by atoms with Gasteiger partial charge in [0.25, 0.3) is 5.56 Å². The predicted octanol–water partition coefficient (Wildman–Crippen LogP) is 4.54. The number of hydrogen-bond acceptors (Lipinski definition) is 5. The molecule has 3 aromatic rings. The molecule has 0 fully saturated rings. The SMILES string of the molecule is CCn1c(SCC(=O)NC(C)(C)CC)nc2scc(-c3ccccc3)c2c1=O. The molecule has 1 aromatic carbocycles. The standard InChI is InChI=1S/C21H25N3O2S2/c1-5-21(3,4)23-16(25)13-28-20-22-18-17(19(26)24(20)6-2)15(12-27-18)14-10-8-7-9-11-14/h7-12H,5-6,13H2,1-4H3,(H,23,25). The van der Waals surface area contributed by atoms with Crippen molar-refractivity contribution in [3.63, 3.8) is 0 Å². The Morgan fingerprint density at radius 1 is 1.25 bits per heavy atom. The normalized spacial score (nSPS) is 11.7. The zero-order valence-corrected chi connectivity index (χ0v) is 18.2. The van der Waals surface area contributed by atoms with Gasteiger partial charge in [0.15, 0.2) is 5.16 Å². The summed E-state index contributed by atoms with van der Waals surface area (Å²) in [6.45, 7) is 8.47. The number of carbonyl (C=O) groups is 1. The van der Waals surface area contributed by atoms with Gasteiger partial charge >= 0.3 is 0 Å². The van der Waals surface area contributed by atoms with Gasteiger partial charge in [0, 0.05) is 23.0 Å². The Kier molecular flexibility index (Phi) is 6.25. The first-order valence-electron chi connectivity index (χ1n) is 9.37. The van der Waals surface area contributed by atoms with E-state index in [-0.39, 0.29) is 22.8 Å². The van der Waals surface area contributed by atoms with Gasteiger partial charge in [0.05, 0.1) is 11.1 Å². The van der Waals surface area contributed by atoms with Gasteiger partial charge in [0.2, 0.25) is 5.91 Å². The van der Waals surface area contributed by atoms with E-state index < -0.39 is 0 Å². The molecule has 2 aromatic heterocycles. The topological polar surface area (TPSA) is 64.0 Å². The van der Waals surface area contributed by atoms with Gasteiger partial charge in [-0.1, -0.05) is 49.0 Å². The highest BCUT2D eigenvalue weighted by Gasteiger charge is 2.20. The summed E-state index contributed by atoms with van der Waals surface area (Å²) in [7, 11) is 0. The summed E-state index contributed by atoms with van der Waals surface area (Å²) in [6, 6.07) is 9.89. The molecule has 5 nitrogen and oxygen atoms in total. The third-order valence-electron chi connectivity index (χ3n) is 4.75. The minimum atomic E-state index is -0.238. The van der Waals surface area contributed by atoms with Crippen molar-refractivity contribution in [1.82, 2.24) is 14.9 Å². The van der Waals surface area contributed by atoms with Crippen molar-refractivity contribution in [2.45, 2.75) is 51.4 Å². The van der Waals surface area contributed by atoms with Gasteiger partial charge in [-0.05, 0) is 32.8 Å². The number of fused-ring (bicyclic) bond motifs is 1. The molecule has 0 aliphatic carbocycles. The molecule has 28 heavy (non-hydrogen) atoms. The zero-order chi connectivity index (χ0) is 20.3. The molecule has 0 saturated carbocycles.